The minimum absolute atomic E-state index is 0.0192. The summed E-state index contributed by atoms with van der Waals surface area (Å²) in [7, 11) is 0. The number of carboxylic acid groups (broad SMARTS) is 1. The largest absolute Gasteiger partial charge is 0.481 e. The number of benzene rings is 2. The molecule has 1 unspecified atom stereocenters. The van der Waals surface area contributed by atoms with Crippen molar-refractivity contribution in [1.82, 2.24) is 10.6 Å². The molecule has 4 rings (SSSR count). The maximum Gasteiger partial charge on any atom is 0.407 e. The summed E-state index contributed by atoms with van der Waals surface area (Å²) in [6, 6.07) is 16.4. The van der Waals surface area contributed by atoms with Gasteiger partial charge in [0.2, 0.25) is 5.91 Å². The van der Waals surface area contributed by atoms with Gasteiger partial charge in [0.05, 0.1) is 11.7 Å². The number of hydrogen-bond acceptors (Lipinski definition) is 5. The number of thioether (sulfide) groups is 1. The lowest BCUT2D eigenvalue weighted by Gasteiger charge is -2.14. The molecule has 0 radical (unpaired) electrons. The molecular weight excluding hydrogens is 452 g/mol. The van der Waals surface area contributed by atoms with Gasteiger partial charge >= 0.3 is 12.1 Å². The molecule has 34 heavy (non-hydrogen) atoms. The van der Waals surface area contributed by atoms with E-state index in [0.29, 0.717) is 24.6 Å². The van der Waals surface area contributed by atoms with Crippen molar-refractivity contribution in [2.75, 3.05) is 31.2 Å². The Labute approximate surface area is 203 Å². The normalized spacial score (nSPS) is 15.2. The molecule has 0 spiro atoms. The SMILES string of the molecule is O=C(CSCCNC(=O)OCC1c2ccccc2-c2ccccc21)NCC(CC1CC1)C(=O)O. The lowest BCUT2D eigenvalue weighted by atomic mass is 9.98. The standard InChI is InChI=1S/C26H30N2O5S/c29-24(28-14-18(25(30)31)13-17-9-10-17)16-34-12-11-27-26(32)33-15-23-21-7-3-1-5-19(21)20-6-2-4-8-22(20)23/h1-8,17-18,23H,9-16H2,(H,27,32)(H,28,29)(H,30,31). The Bertz CT molecular complexity index is 994. The number of ether oxygens (including phenoxy) is 1. The second-order valence-corrected chi connectivity index (χ2v) is 9.93. The highest BCUT2D eigenvalue weighted by Gasteiger charge is 2.30. The van der Waals surface area contributed by atoms with Gasteiger partial charge in [-0.1, -0.05) is 61.4 Å². The number of fused-ring (bicyclic) bond motifs is 3. The van der Waals surface area contributed by atoms with Crippen LogP contribution in [-0.2, 0) is 14.3 Å². The van der Waals surface area contributed by atoms with E-state index in [1.54, 1.807) is 0 Å². The zero-order valence-corrected chi connectivity index (χ0v) is 19.8. The fraction of sp³-hybridized carbons (Fsp3) is 0.423. The number of aliphatic carboxylic acids is 1. The zero-order valence-electron chi connectivity index (χ0n) is 19.0. The Balaban J connectivity index is 1.12. The van der Waals surface area contributed by atoms with E-state index >= 15 is 0 Å². The second-order valence-electron chi connectivity index (χ2n) is 8.82. The van der Waals surface area contributed by atoms with Gasteiger partial charge < -0.3 is 20.5 Å². The quantitative estimate of drug-likeness (QED) is 0.397. The summed E-state index contributed by atoms with van der Waals surface area (Å²) in [5.74, 6) is -0.261. The molecule has 2 aliphatic carbocycles. The molecule has 0 saturated heterocycles. The third-order valence-electron chi connectivity index (χ3n) is 6.30. The van der Waals surface area contributed by atoms with Crippen molar-refractivity contribution in [3.05, 3.63) is 59.7 Å². The molecule has 180 valence electrons. The summed E-state index contributed by atoms with van der Waals surface area (Å²) in [6.45, 7) is 0.818. The van der Waals surface area contributed by atoms with Crippen molar-refractivity contribution in [1.29, 1.82) is 0 Å². The Morgan fingerprint density at radius 1 is 1.00 bits per heavy atom. The first-order valence-corrected chi connectivity index (χ1v) is 12.8. The van der Waals surface area contributed by atoms with Crippen molar-refractivity contribution in [2.24, 2.45) is 11.8 Å². The molecule has 1 fully saturated rings. The molecule has 0 heterocycles. The van der Waals surface area contributed by atoms with E-state index < -0.39 is 18.0 Å². The van der Waals surface area contributed by atoms with Crippen molar-refractivity contribution in [3.8, 4) is 11.1 Å². The molecular formula is C26H30N2O5S. The fourth-order valence-corrected chi connectivity index (χ4v) is 5.03. The van der Waals surface area contributed by atoms with Gasteiger partial charge in [-0.05, 0) is 34.6 Å². The Hall–Kier alpha value is -3.00. The van der Waals surface area contributed by atoms with E-state index in [4.69, 9.17) is 4.74 Å². The van der Waals surface area contributed by atoms with E-state index in [0.717, 1.165) is 12.8 Å². The molecule has 3 N–H and O–H groups in total. The highest BCUT2D eigenvalue weighted by molar-refractivity contribution is 7.99. The minimum atomic E-state index is -0.854. The average Bonchev–Trinajstić information content (AvgIpc) is 3.60. The summed E-state index contributed by atoms with van der Waals surface area (Å²) in [6.07, 6.45) is 2.33. The van der Waals surface area contributed by atoms with Gasteiger partial charge in [-0.15, -0.1) is 0 Å². The molecule has 0 bridgehead atoms. The summed E-state index contributed by atoms with van der Waals surface area (Å²) < 4.78 is 5.50. The lowest BCUT2D eigenvalue weighted by molar-refractivity contribution is -0.142. The molecule has 0 aliphatic heterocycles. The van der Waals surface area contributed by atoms with Crippen LogP contribution in [0.3, 0.4) is 0 Å². The van der Waals surface area contributed by atoms with Gasteiger partial charge in [-0.25, -0.2) is 4.79 Å². The number of carbonyl (C=O) groups is 3. The third-order valence-corrected chi connectivity index (χ3v) is 7.26. The van der Waals surface area contributed by atoms with Crippen LogP contribution in [0.1, 0.15) is 36.3 Å². The van der Waals surface area contributed by atoms with Gasteiger partial charge in [-0.3, -0.25) is 9.59 Å². The number of hydrogen-bond donors (Lipinski definition) is 3. The zero-order chi connectivity index (χ0) is 23.9. The summed E-state index contributed by atoms with van der Waals surface area (Å²) in [4.78, 5) is 35.4. The first kappa shape index (κ1) is 24.1. The molecule has 2 amide bonds. The van der Waals surface area contributed by atoms with E-state index in [-0.39, 0.29) is 30.7 Å². The van der Waals surface area contributed by atoms with Gasteiger partial charge in [-0.2, -0.15) is 11.8 Å². The van der Waals surface area contributed by atoms with E-state index in [2.05, 4.69) is 34.9 Å². The monoisotopic (exact) mass is 482 g/mol. The number of carbonyl (C=O) groups excluding carboxylic acids is 2. The number of rotatable bonds is 12. The van der Waals surface area contributed by atoms with E-state index in [1.807, 2.05) is 24.3 Å². The molecule has 1 atom stereocenters. The predicted molar refractivity (Wildman–Crippen MR) is 132 cm³/mol. The number of alkyl carbamates (subject to hydrolysis) is 1. The van der Waals surface area contributed by atoms with Crippen molar-refractivity contribution in [3.63, 3.8) is 0 Å². The van der Waals surface area contributed by atoms with Gasteiger partial charge in [0.25, 0.3) is 0 Å². The Morgan fingerprint density at radius 2 is 1.65 bits per heavy atom. The Morgan fingerprint density at radius 3 is 2.26 bits per heavy atom. The summed E-state index contributed by atoms with van der Waals surface area (Å²) in [5, 5.41) is 14.7. The average molecular weight is 483 g/mol. The molecule has 2 aromatic carbocycles. The number of amides is 2. The fourth-order valence-electron chi connectivity index (χ4n) is 4.36. The van der Waals surface area contributed by atoms with Crippen LogP contribution < -0.4 is 10.6 Å². The molecule has 8 heteroatoms. The van der Waals surface area contributed by atoms with Crippen LogP contribution in [0.25, 0.3) is 11.1 Å². The molecule has 7 nitrogen and oxygen atoms in total. The maximum absolute atomic E-state index is 12.2. The highest BCUT2D eigenvalue weighted by atomic mass is 32.2. The molecule has 1 saturated carbocycles. The van der Waals surface area contributed by atoms with Crippen molar-refractivity contribution >= 4 is 29.7 Å². The van der Waals surface area contributed by atoms with E-state index in [1.165, 1.54) is 34.0 Å². The van der Waals surface area contributed by atoms with Gasteiger partial charge in [0, 0.05) is 24.8 Å². The first-order valence-electron chi connectivity index (χ1n) is 11.7. The lowest BCUT2D eigenvalue weighted by Crippen LogP contribution is -2.34. The molecule has 2 aliphatic rings. The van der Waals surface area contributed by atoms with Crippen LogP contribution in [0.2, 0.25) is 0 Å². The van der Waals surface area contributed by atoms with Crippen molar-refractivity contribution in [2.45, 2.75) is 25.2 Å². The first-order chi connectivity index (χ1) is 16.5. The van der Waals surface area contributed by atoms with Crippen molar-refractivity contribution < 1.29 is 24.2 Å². The van der Waals surface area contributed by atoms with Crippen LogP contribution in [0.5, 0.6) is 0 Å². The van der Waals surface area contributed by atoms with Crippen LogP contribution in [0, 0.1) is 11.8 Å². The summed E-state index contributed by atoms with van der Waals surface area (Å²) in [5.41, 5.74) is 4.70. The number of carboxylic acids is 1. The van der Waals surface area contributed by atoms with Gasteiger partial charge in [0.15, 0.2) is 0 Å². The second kappa shape index (κ2) is 11.4. The minimum Gasteiger partial charge on any atom is -0.481 e. The summed E-state index contributed by atoms with van der Waals surface area (Å²) >= 11 is 1.38. The number of nitrogens with one attached hydrogen (secondary N) is 2. The molecule has 2 aromatic rings. The van der Waals surface area contributed by atoms with Crippen LogP contribution in [-0.4, -0.2) is 54.3 Å². The smallest absolute Gasteiger partial charge is 0.407 e. The molecule has 0 aromatic heterocycles. The highest BCUT2D eigenvalue weighted by Crippen LogP contribution is 2.44. The van der Waals surface area contributed by atoms with Crippen LogP contribution in [0.15, 0.2) is 48.5 Å². The predicted octanol–water partition coefficient (Wildman–Crippen LogP) is 3.88. The maximum atomic E-state index is 12.2. The Kier molecular flexibility index (Phi) is 8.11. The third kappa shape index (κ3) is 6.32. The van der Waals surface area contributed by atoms with Crippen LogP contribution in [0.4, 0.5) is 4.79 Å². The topological polar surface area (TPSA) is 105 Å². The van der Waals surface area contributed by atoms with E-state index in [9.17, 15) is 19.5 Å². The van der Waals surface area contributed by atoms with Crippen LogP contribution >= 0.6 is 11.8 Å². The van der Waals surface area contributed by atoms with Gasteiger partial charge in [0.1, 0.15) is 6.61 Å².